The zero-order valence-electron chi connectivity index (χ0n) is 13.5. The minimum Gasteiger partial charge on any atom is -0.467 e. The molecule has 0 N–H and O–H groups in total. The average molecular weight is 338 g/mol. The molecular weight excluding hydrogens is 318 g/mol. The third-order valence-electron chi connectivity index (χ3n) is 4.12. The molecule has 0 amide bonds. The minimum absolute atomic E-state index is 0.336. The fourth-order valence-electron chi connectivity index (χ4n) is 2.73. The first-order valence-electron chi connectivity index (χ1n) is 7.54. The normalized spacial score (nSPS) is 15.9. The number of halogens is 1. The van der Waals surface area contributed by atoms with Gasteiger partial charge in [0.05, 0.1) is 19.0 Å². The van der Waals surface area contributed by atoms with Crippen molar-refractivity contribution in [3.05, 3.63) is 28.2 Å². The topological polar surface area (TPSA) is 67.5 Å². The summed E-state index contributed by atoms with van der Waals surface area (Å²) in [6.07, 6.45) is 1.58. The number of aryl methyl sites for hydroxylation is 2. The molecule has 8 heteroatoms. The molecule has 0 unspecified atom stereocenters. The van der Waals surface area contributed by atoms with Crippen LogP contribution in [0.1, 0.15) is 17.0 Å². The Morgan fingerprint density at radius 2 is 2.00 bits per heavy atom. The molecular formula is C15H20ClN5O2. The van der Waals surface area contributed by atoms with Crippen LogP contribution in [0.4, 0.5) is 5.82 Å². The van der Waals surface area contributed by atoms with Crippen LogP contribution in [0.25, 0.3) is 0 Å². The van der Waals surface area contributed by atoms with Crippen LogP contribution in [0.15, 0.2) is 10.7 Å². The van der Waals surface area contributed by atoms with E-state index in [-0.39, 0.29) is 0 Å². The van der Waals surface area contributed by atoms with Crippen molar-refractivity contribution in [2.24, 2.45) is 0 Å². The van der Waals surface area contributed by atoms with Gasteiger partial charge in [-0.25, -0.2) is 4.98 Å². The highest BCUT2D eigenvalue weighted by Gasteiger charge is 2.22. The van der Waals surface area contributed by atoms with Gasteiger partial charge in [-0.15, -0.1) is 0 Å². The van der Waals surface area contributed by atoms with Gasteiger partial charge in [0.15, 0.2) is 5.82 Å². The van der Waals surface area contributed by atoms with E-state index < -0.39 is 0 Å². The van der Waals surface area contributed by atoms with Crippen LogP contribution in [0.2, 0.25) is 5.02 Å². The van der Waals surface area contributed by atoms with Crippen molar-refractivity contribution in [2.45, 2.75) is 20.4 Å². The van der Waals surface area contributed by atoms with E-state index in [2.05, 4.69) is 24.9 Å². The molecule has 0 bridgehead atoms. The highest BCUT2D eigenvalue weighted by molar-refractivity contribution is 6.32. The van der Waals surface area contributed by atoms with Gasteiger partial charge in [0.2, 0.25) is 0 Å². The van der Waals surface area contributed by atoms with Gasteiger partial charge >= 0.3 is 6.01 Å². The van der Waals surface area contributed by atoms with Crippen LogP contribution < -0.4 is 9.64 Å². The maximum absolute atomic E-state index is 6.22. The lowest BCUT2D eigenvalue weighted by Gasteiger charge is -2.35. The average Bonchev–Trinajstić information content (AvgIpc) is 2.88. The van der Waals surface area contributed by atoms with Crippen LogP contribution in [-0.2, 0) is 6.54 Å². The quantitative estimate of drug-likeness (QED) is 0.845. The first-order valence-corrected chi connectivity index (χ1v) is 7.92. The van der Waals surface area contributed by atoms with Crippen molar-refractivity contribution in [1.29, 1.82) is 0 Å². The number of anilines is 1. The van der Waals surface area contributed by atoms with Gasteiger partial charge in [0.1, 0.15) is 10.8 Å². The summed E-state index contributed by atoms with van der Waals surface area (Å²) in [5, 5.41) is 4.56. The number of piperazine rings is 1. The van der Waals surface area contributed by atoms with E-state index in [0.717, 1.165) is 50.0 Å². The molecule has 1 fully saturated rings. The molecule has 0 aromatic carbocycles. The van der Waals surface area contributed by atoms with Crippen molar-refractivity contribution in [3.8, 4) is 6.01 Å². The molecule has 1 aliphatic heterocycles. The Morgan fingerprint density at radius 3 is 2.61 bits per heavy atom. The summed E-state index contributed by atoms with van der Waals surface area (Å²) in [5.74, 6) is 1.63. The van der Waals surface area contributed by atoms with E-state index >= 15 is 0 Å². The number of nitrogens with zero attached hydrogens (tertiary/aromatic N) is 5. The number of methoxy groups -OCH3 is 1. The van der Waals surface area contributed by atoms with Crippen LogP contribution in [0.5, 0.6) is 6.01 Å². The summed E-state index contributed by atoms with van der Waals surface area (Å²) in [6.45, 7) is 8.34. The smallest absolute Gasteiger partial charge is 0.318 e. The molecule has 7 nitrogen and oxygen atoms in total. The molecule has 0 aliphatic carbocycles. The third-order valence-corrected chi connectivity index (χ3v) is 4.39. The first kappa shape index (κ1) is 16.0. The Labute approximate surface area is 140 Å². The molecule has 0 atom stereocenters. The van der Waals surface area contributed by atoms with Crippen LogP contribution in [0, 0.1) is 13.8 Å². The summed E-state index contributed by atoms with van der Waals surface area (Å²) in [7, 11) is 1.55. The van der Waals surface area contributed by atoms with E-state index in [1.165, 1.54) is 5.56 Å². The van der Waals surface area contributed by atoms with Crippen molar-refractivity contribution in [2.75, 3.05) is 38.2 Å². The van der Waals surface area contributed by atoms with Gasteiger partial charge in [-0.1, -0.05) is 16.8 Å². The van der Waals surface area contributed by atoms with Crippen molar-refractivity contribution in [3.63, 3.8) is 0 Å². The molecule has 3 heterocycles. The Bertz CT molecular complexity index is 663. The summed E-state index contributed by atoms with van der Waals surface area (Å²) in [4.78, 5) is 12.9. The van der Waals surface area contributed by atoms with Gasteiger partial charge in [-0.2, -0.15) is 4.98 Å². The molecule has 2 aromatic rings. The van der Waals surface area contributed by atoms with E-state index in [1.54, 1.807) is 13.3 Å². The Hall–Kier alpha value is -1.86. The van der Waals surface area contributed by atoms with Crippen molar-refractivity contribution < 1.29 is 9.26 Å². The van der Waals surface area contributed by atoms with Crippen molar-refractivity contribution in [1.82, 2.24) is 20.0 Å². The molecule has 0 saturated carbocycles. The standard InChI is InChI=1S/C15H20ClN5O2/c1-10-12(11(2)23-19-10)9-20-4-6-21(7-5-20)14-13(16)8-17-15(18-14)22-3/h8H,4-7,9H2,1-3H3. The number of rotatable bonds is 4. The lowest BCUT2D eigenvalue weighted by atomic mass is 10.2. The lowest BCUT2D eigenvalue weighted by molar-refractivity contribution is 0.247. The van der Waals surface area contributed by atoms with Gasteiger partial charge in [-0.05, 0) is 13.8 Å². The zero-order valence-corrected chi connectivity index (χ0v) is 14.3. The second kappa shape index (κ2) is 6.72. The summed E-state index contributed by atoms with van der Waals surface area (Å²) >= 11 is 6.22. The summed E-state index contributed by atoms with van der Waals surface area (Å²) in [5.41, 5.74) is 2.15. The largest absolute Gasteiger partial charge is 0.467 e. The number of hydrogen-bond acceptors (Lipinski definition) is 7. The first-order chi connectivity index (χ1) is 11.1. The number of aromatic nitrogens is 3. The van der Waals surface area contributed by atoms with Gasteiger partial charge in [0, 0.05) is 38.3 Å². The van der Waals surface area contributed by atoms with Gasteiger partial charge < -0.3 is 14.2 Å². The maximum atomic E-state index is 6.22. The van der Waals surface area contributed by atoms with Crippen LogP contribution in [0.3, 0.4) is 0 Å². The molecule has 0 radical (unpaired) electrons. The second-order valence-corrected chi connectivity index (χ2v) is 6.00. The molecule has 1 aliphatic rings. The number of hydrogen-bond donors (Lipinski definition) is 0. The van der Waals surface area contributed by atoms with E-state index in [0.29, 0.717) is 11.0 Å². The monoisotopic (exact) mass is 337 g/mol. The van der Waals surface area contributed by atoms with Gasteiger partial charge in [0.25, 0.3) is 0 Å². The van der Waals surface area contributed by atoms with Crippen molar-refractivity contribution >= 4 is 17.4 Å². The maximum Gasteiger partial charge on any atom is 0.318 e. The highest BCUT2D eigenvalue weighted by atomic mass is 35.5. The number of ether oxygens (including phenoxy) is 1. The third kappa shape index (κ3) is 3.40. The summed E-state index contributed by atoms with van der Waals surface area (Å²) in [6, 6.07) is 0.336. The zero-order chi connectivity index (χ0) is 16.4. The minimum atomic E-state index is 0.336. The molecule has 0 spiro atoms. The van der Waals surface area contributed by atoms with E-state index in [4.69, 9.17) is 20.9 Å². The highest BCUT2D eigenvalue weighted by Crippen LogP contribution is 2.26. The van der Waals surface area contributed by atoms with Crippen LogP contribution in [-0.4, -0.2) is 53.3 Å². The fraction of sp³-hybridized carbons (Fsp3) is 0.533. The van der Waals surface area contributed by atoms with E-state index in [1.807, 2.05) is 13.8 Å². The molecule has 3 rings (SSSR count). The lowest BCUT2D eigenvalue weighted by Crippen LogP contribution is -2.46. The predicted molar refractivity (Wildman–Crippen MR) is 87.1 cm³/mol. The molecule has 124 valence electrons. The Kier molecular flexibility index (Phi) is 4.68. The molecule has 23 heavy (non-hydrogen) atoms. The SMILES string of the molecule is COc1ncc(Cl)c(N2CCN(Cc3c(C)noc3C)CC2)n1. The van der Waals surface area contributed by atoms with Crippen LogP contribution >= 0.6 is 11.6 Å². The fourth-order valence-corrected chi connectivity index (χ4v) is 2.94. The predicted octanol–water partition coefficient (Wildman–Crippen LogP) is 2.07. The Morgan fingerprint density at radius 1 is 1.26 bits per heavy atom. The molecule has 2 aromatic heterocycles. The Balaban J connectivity index is 1.65. The summed E-state index contributed by atoms with van der Waals surface area (Å²) < 4.78 is 10.3. The second-order valence-electron chi connectivity index (χ2n) is 5.59. The van der Waals surface area contributed by atoms with E-state index in [9.17, 15) is 0 Å². The van der Waals surface area contributed by atoms with Gasteiger partial charge in [-0.3, -0.25) is 4.90 Å². The molecule has 1 saturated heterocycles.